The van der Waals surface area contributed by atoms with Crippen LogP contribution in [0.1, 0.15) is 27.3 Å². The predicted octanol–water partition coefficient (Wildman–Crippen LogP) is 2.02. The highest BCUT2D eigenvalue weighted by Crippen LogP contribution is 2.42. The number of aryl methyl sites for hydroxylation is 2. The van der Waals surface area contributed by atoms with Crippen molar-refractivity contribution in [3.8, 4) is 0 Å². The Balaban J connectivity index is 0.000000236. The number of rotatable bonds is 9. The topological polar surface area (TPSA) is 217 Å². The number of thiazole rings is 1. The normalized spacial score (nSPS) is 20.1. The van der Waals surface area contributed by atoms with E-state index in [9.17, 15) is 23.5 Å². The van der Waals surface area contributed by atoms with Crippen molar-refractivity contribution >= 4 is 57.1 Å². The Labute approximate surface area is 299 Å². The van der Waals surface area contributed by atoms with Crippen molar-refractivity contribution in [2.45, 2.75) is 38.2 Å². The lowest BCUT2D eigenvalue weighted by Crippen LogP contribution is -2.47. The summed E-state index contributed by atoms with van der Waals surface area (Å²) in [7, 11) is 0. The Bertz CT molecular complexity index is 1870. The van der Waals surface area contributed by atoms with E-state index in [1.165, 1.54) is 17.5 Å². The Kier molecular flexibility index (Phi) is 12.1. The lowest BCUT2D eigenvalue weighted by molar-refractivity contribution is -0.140. The number of carbonyl (C=O) groups excluding carboxylic acids is 1. The molecule has 7 N–H and O–H groups in total. The molecule has 2 aliphatic rings. The number of amides is 1. The van der Waals surface area contributed by atoms with Crippen LogP contribution in [0.25, 0.3) is 0 Å². The van der Waals surface area contributed by atoms with Crippen LogP contribution in [0.4, 0.5) is 37.1 Å². The number of aliphatic hydroxyl groups is 3. The van der Waals surface area contributed by atoms with Gasteiger partial charge in [0.25, 0.3) is 5.91 Å². The monoisotopic (exact) mass is 750 g/mol. The minimum atomic E-state index is -3.71. The molecule has 6 rings (SSSR count). The smallest absolute Gasteiger partial charge is 0.351 e. The number of nitrogens with two attached hydrogens (primary N) is 1. The quantitative estimate of drug-likeness (QED) is 0.144. The van der Waals surface area contributed by atoms with E-state index in [4.69, 9.17) is 32.3 Å². The number of nitrogen functional groups attached to an aromatic ring is 1. The summed E-state index contributed by atoms with van der Waals surface area (Å²) in [6.07, 6.45) is -3.16. The molecular formula is C31H37ClF2N10O6S. The second-order valence-electron chi connectivity index (χ2n) is 11.6. The molecule has 3 atom stereocenters. The first kappa shape index (κ1) is 37.9. The van der Waals surface area contributed by atoms with Crippen LogP contribution in [-0.4, -0.2) is 115 Å². The summed E-state index contributed by atoms with van der Waals surface area (Å²) < 4.78 is 32.7. The number of carbonyl (C=O) groups is 1. The summed E-state index contributed by atoms with van der Waals surface area (Å²) in [6, 6.07) is 8.52. The molecule has 2 saturated heterocycles. The summed E-state index contributed by atoms with van der Waals surface area (Å²) in [4.78, 5) is 45.7. The summed E-state index contributed by atoms with van der Waals surface area (Å²) in [5.41, 5.74) is 5.70. The lowest BCUT2D eigenvalue weighted by Gasteiger charge is -2.35. The zero-order valence-corrected chi connectivity index (χ0v) is 29.1. The van der Waals surface area contributed by atoms with Crippen LogP contribution in [0, 0.1) is 13.8 Å². The summed E-state index contributed by atoms with van der Waals surface area (Å²) >= 11 is 7.46. The van der Waals surface area contributed by atoms with E-state index in [1.54, 1.807) is 6.07 Å². The van der Waals surface area contributed by atoms with E-state index in [0.717, 1.165) is 49.8 Å². The van der Waals surface area contributed by atoms with Crippen LogP contribution >= 0.6 is 22.9 Å². The van der Waals surface area contributed by atoms with Crippen molar-refractivity contribution in [1.29, 1.82) is 0 Å². The van der Waals surface area contributed by atoms with Crippen LogP contribution in [0.15, 0.2) is 47.5 Å². The SMILES string of the molecule is Cc1nc(Nc2ncc(C(=O)Nc3c(C)cccc3Cl)s2)cc(N2CCN(CCO)CC2)n1.Nc1ccn([C@@H]2O[C@H](CO)[C@@H](O)C2(F)F)c(=O)n1. The van der Waals surface area contributed by atoms with Gasteiger partial charge in [0.15, 0.2) is 11.2 Å². The fourth-order valence-electron chi connectivity index (χ4n) is 5.35. The molecule has 4 aromatic rings. The first-order valence-corrected chi connectivity index (χ1v) is 16.9. The summed E-state index contributed by atoms with van der Waals surface area (Å²) in [5, 5.41) is 34.3. The van der Waals surface area contributed by atoms with Crippen molar-refractivity contribution in [2.24, 2.45) is 0 Å². The third-order valence-corrected chi connectivity index (χ3v) is 9.25. The van der Waals surface area contributed by atoms with Gasteiger partial charge in [-0.25, -0.2) is 19.7 Å². The molecule has 1 amide bonds. The zero-order valence-electron chi connectivity index (χ0n) is 27.5. The molecule has 0 saturated carbocycles. The highest BCUT2D eigenvalue weighted by molar-refractivity contribution is 7.17. The number of β-amino-alcohol motifs (C(OH)–C–C–N with tert-alkyl or cyclic N) is 1. The molecule has 274 valence electrons. The number of halogens is 3. The molecule has 2 fully saturated rings. The van der Waals surface area contributed by atoms with Gasteiger partial charge in [-0.3, -0.25) is 14.3 Å². The van der Waals surface area contributed by atoms with E-state index in [1.807, 2.05) is 32.0 Å². The number of piperazine rings is 1. The molecule has 2 aliphatic heterocycles. The fraction of sp³-hybridized carbons (Fsp3) is 0.419. The standard InChI is InChI=1S/C22H26ClN7O2S.C9H11F2N3O4/c1-14-4-3-5-16(23)20(14)28-21(32)17-13-24-22(33-17)27-18-12-19(26-15(2)25-18)30-8-6-29(7-9-30)10-11-31;10-9(11)6(16)4(3-15)18-7(9)14-2-1-5(12)13-8(14)17/h3-5,12-13,31H,6-11H2,1-2H3,(H,28,32)(H,24,25,26,27);1-2,4,6-7,15-16H,3H2,(H2,12,13,17)/t;4-,6-,7-/m.1/s1. The molecule has 51 heavy (non-hydrogen) atoms. The van der Waals surface area contributed by atoms with Crippen LogP contribution < -0.4 is 27.0 Å². The number of nitrogens with one attached hydrogen (secondary N) is 2. The molecule has 16 nitrogen and oxygen atoms in total. The maximum Gasteiger partial charge on any atom is 0.351 e. The maximum atomic E-state index is 13.7. The van der Waals surface area contributed by atoms with Gasteiger partial charge in [0.2, 0.25) is 6.23 Å². The lowest BCUT2D eigenvalue weighted by atomic mass is 10.1. The number of aromatic nitrogens is 5. The molecular weight excluding hydrogens is 714 g/mol. The molecule has 20 heteroatoms. The van der Waals surface area contributed by atoms with Crippen LogP contribution in [0.2, 0.25) is 5.02 Å². The number of ether oxygens (including phenoxy) is 1. The van der Waals surface area contributed by atoms with E-state index >= 15 is 0 Å². The highest BCUT2D eigenvalue weighted by atomic mass is 35.5. The Morgan fingerprint density at radius 2 is 1.90 bits per heavy atom. The molecule has 0 bridgehead atoms. The van der Waals surface area contributed by atoms with Gasteiger partial charge in [0, 0.05) is 45.0 Å². The van der Waals surface area contributed by atoms with E-state index in [2.05, 4.69) is 40.4 Å². The number of hydrogen-bond acceptors (Lipinski definition) is 15. The van der Waals surface area contributed by atoms with Crippen LogP contribution in [-0.2, 0) is 4.74 Å². The first-order chi connectivity index (χ1) is 24.3. The average molecular weight is 751 g/mol. The van der Waals surface area contributed by atoms with Crippen molar-refractivity contribution in [3.05, 3.63) is 74.5 Å². The first-order valence-electron chi connectivity index (χ1n) is 15.7. The number of aliphatic hydroxyl groups excluding tert-OH is 3. The molecule has 0 unspecified atom stereocenters. The van der Waals surface area contributed by atoms with Gasteiger partial charge >= 0.3 is 11.6 Å². The van der Waals surface area contributed by atoms with E-state index < -0.39 is 36.7 Å². The van der Waals surface area contributed by atoms with Crippen molar-refractivity contribution in [3.63, 3.8) is 0 Å². The Hall–Kier alpha value is -4.37. The fourth-order valence-corrected chi connectivity index (χ4v) is 6.34. The van der Waals surface area contributed by atoms with Gasteiger partial charge in [0.05, 0.1) is 30.1 Å². The van der Waals surface area contributed by atoms with Gasteiger partial charge in [-0.2, -0.15) is 13.8 Å². The number of benzene rings is 1. The largest absolute Gasteiger partial charge is 0.395 e. The van der Waals surface area contributed by atoms with Crippen LogP contribution in [0.3, 0.4) is 0 Å². The van der Waals surface area contributed by atoms with Gasteiger partial charge in [-0.15, -0.1) is 0 Å². The number of anilines is 5. The maximum absolute atomic E-state index is 13.7. The minimum absolute atomic E-state index is 0.114. The number of para-hydroxylation sites is 1. The third-order valence-electron chi connectivity index (χ3n) is 8.03. The van der Waals surface area contributed by atoms with Gasteiger partial charge in [-0.05, 0) is 31.5 Å². The van der Waals surface area contributed by atoms with Crippen molar-refractivity contribution < 1.29 is 33.6 Å². The second-order valence-corrected chi connectivity index (χ2v) is 13.1. The third kappa shape index (κ3) is 8.93. The molecule has 0 aliphatic carbocycles. The van der Waals surface area contributed by atoms with Crippen molar-refractivity contribution in [2.75, 3.05) is 67.2 Å². The minimum Gasteiger partial charge on any atom is -0.395 e. The van der Waals surface area contributed by atoms with Crippen LogP contribution in [0.5, 0.6) is 0 Å². The Morgan fingerprint density at radius 3 is 2.55 bits per heavy atom. The molecule has 0 radical (unpaired) electrons. The summed E-state index contributed by atoms with van der Waals surface area (Å²) in [6.45, 7) is 7.24. The molecule has 3 aromatic heterocycles. The summed E-state index contributed by atoms with van der Waals surface area (Å²) in [5.74, 6) is -1.98. The number of nitrogens with zero attached hydrogens (tertiary/aromatic N) is 7. The van der Waals surface area contributed by atoms with Gasteiger partial charge in [-0.1, -0.05) is 35.1 Å². The molecule has 1 aromatic carbocycles. The predicted molar refractivity (Wildman–Crippen MR) is 187 cm³/mol. The average Bonchev–Trinajstić information content (AvgIpc) is 3.64. The van der Waals surface area contributed by atoms with Gasteiger partial charge in [0.1, 0.15) is 34.3 Å². The zero-order chi connectivity index (χ0) is 36.9. The molecule has 0 spiro atoms. The number of hydrogen-bond donors (Lipinski definition) is 6. The second kappa shape index (κ2) is 16.3. The molecule has 5 heterocycles. The van der Waals surface area contributed by atoms with E-state index in [-0.39, 0.29) is 18.3 Å². The number of alkyl halides is 2. The van der Waals surface area contributed by atoms with Crippen molar-refractivity contribution in [1.82, 2.24) is 29.4 Å². The Morgan fingerprint density at radius 1 is 1.16 bits per heavy atom. The highest BCUT2D eigenvalue weighted by Gasteiger charge is 2.59. The van der Waals surface area contributed by atoms with E-state index in [0.29, 0.717) is 43.5 Å². The van der Waals surface area contributed by atoms with Gasteiger partial charge < -0.3 is 41.3 Å².